The van der Waals surface area contributed by atoms with Gasteiger partial charge in [0.2, 0.25) is 0 Å². The third-order valence-electron chi connectivity index (χ3n) is 5.01. The number of nitrogens with zero attached hydrogens (tertiary/aromatic N) is 1. The van der Waals surface area contributed by atoms with Gasteiger partial charge in [0.15, 0.2) is 12.4 Å². The average molecular weight is 299 g/mol. The first kappa shape index (κ1) is 15.2. The van der Waals surface area contributed by atoms with Gasteiger partial charge < -0.3 is 9.47 Å². The summed E-state index contributed by atoms with van der Waals surface area (Å²) in [5.41, 5.74) is -0.163. The van der Waals surface area contributed by atoms with E-state index in [1.165, 1.54) is 7.11 Å². The summed E-state index contributed by atoms with van der Waals surface area (Å²) in [7, 11) is 1.40. The number of unbranched alkanes of at least 4 members (excludes halogenated alkanes) is 1. The van der Waals surface area contributed by atoms with E-state index in [-0.39, 0.29) is 23.7 Å². The number of hydrogen-bond acceptors (Lipinski definition) is 6. The molecule has 2 saturated heterocycles. The van der Waals surface area contributed by atoms with Crippen molar-refractivity contribution < 1.29 is 23.9 Å². The Morgan fingerprint density at radius 2 is 2.19 bits per heavy atom. The van der Waals surface area contributed by atoms with Crippen molar-refractivity contribution in [3.8, 4) is 0 Å². The summed E-state index contributed by atoms with van der Waals surface area (Å²) in [6.45, 7) is 2.83. The van der Waals surface area contributed by atoms with Gasteiger partial charge in [-0.1, -0.05) is 25.0 Å². The second kappa shape index (κ2) is 6.20. The van der Waals surface area contributed by atoms with Crippen molar-refractivity contribution in [2.24, 2.45) is 5.92 Å². The molecule has 0 unspecified atom stereocenters. The smallest absolute Gasteiger partial charge is 0.337 e. The standard InChI is InChI=1S/C15H25NO5/c1-3-4-10-19-12-7-9-15-8-5-6-11(15)13(14(17)18-2)21-16(15)20-12/h11-13H,3-10H2,1-2H3/t11-,12+,13+,15+/m1/s1. The maximum absolute atomic E-state index is 11.9. The SMILES string of the molecule is CCCCO[C@@H]1CC[C@@]23CCC[C@@H]2[C@@H](C(=O)OC)ON3O1. The van der Waals surface area contributed by atoms with Crippen LogP contribution in [0.3, 0.4) is 0 Å². The molecule has 2 aliphatic heterocycles. The van der Waals surface area contributed by atoms with Crippen molar-refractivity contribution >= 4 is 5.97 Å². The zero-order valence-corrected chi connectivity index (χ0v) is 12.9. The lowest BCUT2D eigenvalue weighted by Gasteiger charge is -2.41. The second-order valence-corrected chi connectivity index (χ2v) is 6.21. The lowest BCUT2D eigenvalue weighted by molar-refractivity contribution is -0.452. The minimum absolute atomic E-state index is 0.163. The van der Waals surface area contributed by atoms with Gasteiger partial charge >= 0.3 is 5.97 Å². The molecule has 0 amide bonds. The second-order valence-electron chi connectivity index (χ2n) is 6.21. The van der Waals surface area contributed by atoms with E-state index >= 15 is 0 Å². The Morgan fingerprint density at radius 3 is 2.95 bits per heavy atom. The Kier molecular flexibility index (Phi) is 4.49. The molecule has 1 saturated carbocycles. The number of esters is 1. The van der Waals surface area contributed by atoms with Crippen LogP contribution in [0.4, 0.5) is 0 Å². The molecule has 2 heterocycles. The van der Waals surface area contributed by atoms with Crippen LogP contribution in [0.1, 0.15) is 51.9 Å². The molecular weight excluding hydrogens is 274 g/mol. The first-order valence-corrected chi connectivity index (χ1v) is 8.04. The van der Waals surface area contributed by atoms with E-state index < -0.39 is 6.10 Å². The van der Waals surface area contributed by atoms with E-state index in [9.17, 15) is 4.79 Å². The zero-order valence-electron chi connectivity index (χ0n) is 12.9. The highest BCUT2D eigenvalue weighted by atomic mass is 17.0. The fraction of sp³-hybridized carbons (Fsp3) is 0.933. The van der Waals surface area contributed by atoms with Crippen LogP contribution in [-0.2, 0) is 23.9 Å². The number of methoxy groups -OCH3 is 1. The van der Waals surface area contributed by atoms with Gasteiger partial charge in [-0.15, -0.1) is 0 Å². The van der Waals surface area contributed by atoms with E-state index in [1.54, 1.807) is 5.23 Å². The van der Waals surface area contributed by atoms with E-state index in [4.69, 9.17) is 19.1 Å². The van der Waals surface area contributed by atoms with Crippen LogP contribution in [0.2, 0.25) is 0 Å². The fourth-order valence-corrected chi connectivity index (χ4v) is 3.88. The lowest BCUT2D eigenvalue weighted by atomic mass is 9.80. The summed E-state index contributed by atoms with van der Waals surface area (Å²) in [5, 5.41) is 1.58. The number of rotatable bonds is 5. The number of hydrogen-bond donors (Lipinski definition) is 0. The Hall–Kier alpha value is -0.690. The van der Waals surface area contributed by atoms with Crippen molar-refractivity contribution in [1.29, 1.82) is 0 Å². The minimum Gasteiger partial charge on any atom is -0.467 e. The van der Waals surface area contributed by atoms with Gasteiger partial charge in [-0.25, -0.2) is 9.63 Å². The van der Waals surface area contributed by atoms with Gasteiger partial charge in [-0.05, 0) is 25.7 Å². The van der Waals surface area contributed by atoms with Gasteiger partial charge in [0.05, 0.1) is 12.6 Å². The first-order valence-electron chi connectivity index (χ1n) is 8.04. The number of ether oxygens (including phenoxy) is 2. The molecular formula is C15H25NO5. The molecule has 1 spiro atoms. The molecule has 6 heteroatoms. The van der Waals surface area contributed by atoms with Crippen molar-refractivity contribution in [2.45, 2.75) is 69.8 Å². The molecule has 4 atom stereocenters. The Labute approximate surface area is 125 Å². The summed E-state index contributed by atoms with van der Waals surface area (Å²) < 4.78 is 10.6. The van der Waals surface area contributed by atoms with Crippen LogP contribution in [-0.4, -0.2) is 42.8 Å². The van der Waals surface area contributed by atoms with Crippen LogP contribution >= 0.6 is 0 Å². The number of carbonyl (C=O) groups excluding carboxylic acids is 1. The average Bonchev–Trinajstić information content (AvgIpc) is 3.03. The van der Waals surface area contributed by atoms with E-state index in [0.717, 1.165) is 44.9 Å². The molecule has 3 rings (SSSR count). The van der Waals surface area contributed by atoms with Crippen LogP contribution < -0.4 is 0 Å². The normalized spacial score (nSPS) is 39.0. The molecule has 0 bridgehead atoms. The molecule has 21 heavy (non-hydrogen) atoms. The Morgan fingerprint density at radius 1 is 1.33 bits per heavy atom. The molecule has 0 aromatic rings. The maximum atomic E-state index is 11.9. The molecule has 0 aromatic carbocycles. The van der Waals surface area contributed by atoms with Gasteiger partial charge in [0, 0.05) is 18.9 Å². The number of carbonyl (C=O) groups is 1. The predicted octanol–water partition coefficient (Wildman–Crippen LogP) is 2.18. The number of hydroxylamine groups is 2. The highest BCUT2D eigenvalue weighted by molar-refractivity contribution is 5.75. The Bertz CT molecular complexity index is 390. The molecule has 3 aliphatic rings. The van der Waals surface area contributed by atoms with Crippen molar-refractivity contribution in [3.63, 3.8) is 0 Å². The van der Waals surface area contributed by atoms with Crippen molar-refractivity contribution in [2.75, 3.05) is 13.7 Å². The van der Waals surface area contributed by atoms with E-state index in [2.05, 4.69) is 6.92 Å². The molecule has 6 nitrogen and oxygen atoms in total. The predicted molar refractivity (Wildman–Crippen MR) is 73.8 cm³/mol. The summed E-state index contributed by atoms with van der Waals surface area (Å²) in [5.74, 6) is -0.135. The third-order valence-corrected chi connectivity index (χ3v) is 5.01. The largest absolute Gasteiger partial charge is 0.467 e. The first-order chi connectivity index (χ1) is 10.2. The quantitative estimate of drug-likeness (QED) is 0.573. The summed E-state index contributed by atoms with van der Waals surface area (Å²) in [4.78, 5) is 23.6. The van der Waals surface area contributed by atoms with Crippen LogP contribution in [0.15, 0.2) is 0 Å². The highest BCUT2D eigenvalue weighted by Gasteiger charge is 2.63. The van der Waals surface area contributed by atoms with Crippen LogP contribution in [0.25, 0.3) is 0 Å². The molecule has 120 valence electrons. The summed E-state index contributed by atoms with van der Waals surface area (Å²) in [6, 6.07) is 0. The zero-order chi connectivity index (χ0) is 14.9. The van der Waals surface area contributed by atoms with E-state index in [1.807, 2.05) is 0 Å². The van der Waals surface area contributed by atoms with E-state index in [0.29, 0.717) is 6.61 Å². The fourth-order valence-electron chi connectivity index (χ4n) is 3.88. The van der Waals surface area contributed by atoms with Crippen LogP contribution in [0.5, 0.6) is 0 Å². The molecule has 0 N–H and O–H groups in total. The third kappa shape index (κ3) is 2.59. The summed E-state index contributed by atoms with van der Waals surface area (Å²) in [6.07, 6.45) is 6.22. The maximum Gasteiger partial charge on any atom is 0.337 e. The molecule has 1 aliphatic carbocycles. The van der Waals surface area contributed by atoms with Crippen molar-refractivity contribution in [3.05, 3.63) is 0 Å². The lowest BCUT2D eigenvalue weighted by Crippen LogP contribution is -2.51. The Balaban J connectivity index is 1.67. The molecule has 0 aromatic heterocycles. The minimum atomic E-state index is -0.535. The van der Waals surface area contributed by atoms with Crippen molar-refractivity contribution in [1.82, 2.24) is 5.23 Å². The van der Waals surface area contributed by atoms with Gasteiger partial charge in [0.1, 0.15) is 0 Å². The topological polar surface area (TPSA) is 57.2 Å². The monoisotopic (exact) mass is 299 g/mol. The van der Waals surface area contributed by atoms with Gasteiger partial charge in [0.25, 0.3) is 0 Å². The van der Waals surface area contributed by atoms with Gasteiger partial charge in [-0.2, -0.15) is 0 Å². The highest BCUT2D eigenvalue weighted by Crippen LogP contribution is 2.53. The van der Waals surface area contributed by atoms with Crippen LogP contribution in [0, 0.1) is 5.92 Å². The summed E-state index contributed by atoms with van der Waals surface area (Å²) >= 11 is 0. The molecule has 3 fully saturated rings. The molecule has 0 radical (unpaired) electrons. The van der Waals surface area contributed by atoms with Gasteiger partial charge in [-0.3, -0.25) is 4.84 Å².